The van der Waals surface area contributed by atoms with E-state index in [0.717, 1.165) is 41.3 Å². The highest BCUT2D eigenvalue weighted by molar-refractivity contribution is 7.92. The van der Waals surface area contributed by atoms with Crippen LogP contribution in [0.1, 0.15) is 12.5 Å². The van der Waals surface area contributed by atoms with Crippen molar-refractivity contribution in [3.05, 3.63) is 65.6 Å². The molecule has 2 N–H and O–H groups in total. The predicted molar refractivity (Wildman–Crippen MR) is 149 cm³/mol. The number of rotatable bonds is 7. The number of hydrogen-bond acceptors (Lipinski definition) is 8. The van der Waals surface area contributed by atoms with E-state index in [4.69, 9.17) is 16.6 Å². The van der Waals surface area contributed by atoms with Crippen LogP contribution in [0.15, 0.2) is 55.0 Å². The highest BCUT2D eigenvalue weighted by Crippen LogP contribution is 2.26. The number of anilines is 4. The molecule has 0 unspecified atom stereocenters. The minimum absolute atomic E-state index is 0.320. The quantitative estimate of drug-likeness (QED) is 0.367. The Hall–Kier alpha value is -3.41. The minimum atomic E-state index is -3.49. The molecule has 0 saturated carbocycles. The molecule has 4 heterocycles. The summed E-state index contributed by atoms with van der Waals surface area (Å²) in [5, 5.41) is 8.04. The number of fused-ring (bicyclic) bond motifs is 1. The SMILES string of the molecule is C[C@H]1CN(c2ccc(Nc3ncc4ccn(Cc5cc(Cl)cnc5N(C)S(C)(=O)=O)c4n3)cc2)CCN1. The predicted octanol–water partition coefficient (Wildman–Crippen LogP) is 3.47. The lowest BCUT2D eigenvalue weighted by Crippen LogP contribution is -2.49. The first-order chi connectivity index (χ1) is 17.7. The van der Waals surface area contributed by atoms with Crippen molar-refractivity contribution in [2.75, 3.05) is 47.5 Å². The molecule has 12 heteroatoms. The molecule has 1 atom stereocenters. The van der Waals surface area contributed by atoms with E-state index in [0.29, 0.717) is 40.6 Å². The normalized spacial score (nSPS) is 16.2. The van der Waals surface area contributed by atoms with Gasteiger partial charge in [0.05, 0.1) is 17.8 Å². The molecule has 0 amide bonds. The summed E-state index contributed by atoms with van der Waals surface area (Å²) in [7, 11) is -2.02. The molecular formula is C25H29ClN8O2S. The molecule has 1 aliphatic heterocycles. The Labute approximate surface area is 221 Å². The molecule has 3 aromatic heterocycles. The number of halogens is 1. The molecule has 0 aliphatic carbocycles. The number of benzene rings is 1. The molecule has 0 bridgehead atoms. The van der Waals surface area contributed by atoms with Crippen LogP contribution in [-0.2, 0) is 16.6 Å². The molecule has 1 aliphatic rings. The van der Waals surface area contributed by atoms with Crippen molar-refractivity contribution >= 4 is 55.8 Å². The van der Waals surface area contributed by atoms with E-state index in [1.165, 1.54) is 18.9 Å². The van der Waals surface area contributed by atoms with Crippen LogP contribution >= 0.6 is 11.6 Å². The topological polar surface area (TPSA) is 108 Å². The van der Waals surface area contributed by atoms with Crippen LogP contribution in [0.5, 0.6) is 0 Å². The van der Waals surface area contributed by atoms with E-state index < -0.39 is 10.0 Å². The maximum atomic E-state index is 12.1. The molecule has 1 saturated heterocycles. The van der Waals surface area contributed by atoms with Crippen molar-refractivity contribution in [2.45, 2.75) is 19.5 Å². The fourth-order valence-corrected chi connectivity index (χ4v) is 5.08. The largest absolute Gasteiger partial charge is 0.369 e. The van der Waals surface area contributed by atoms with Gasteiger partial charge < -0.3 is 20.1 Å². The summed E-state index contributed by atoms with van der Waals surface area (Å²) in [5.41, 5.74) is 3.44. The van der Waals surface area contributed by atoms with Crippen molar-refractivity contribution in [3.63, 3.8) is 0 Å². The number of aromatic nitrogens is 4. The second-order valence-electron chi connectivity index (χ2n) is 9.26. The van der Waals surface area contributed by atoms with Gasteiger partial charge in [0.2, 0.25) is 16.0 Å². The highest BCUT2D eigenvalue weighted by atomic mass is 35.5. The minimum Gasteiger partial charge on any atom is -0.369 e. The van der Waals surface area contributed by atoms with Crippen molar-refractivity contribution in [3.8, 4) is 0 Å². The summed E-state index contributed by atoms with van der Waals surface area (Å²) in [5.74, 6) is 0.786. The Kier molecular flexibility index (Phi) is 6.93. The first-order valence-electron chi connectivity index (χ1n) is 11.9. The molecule has 194 valence electrons. The van der Waals surface area contributed by atoms with Crippen molar-refractivity contribution < 1.29 is 8.42 Å². The third-order valence-corrected chi connectivity index (χ3v) is 7.78. The van der Waals surface area contributed by atoms with Gasteiger partial charge in [-0.1, -0.05) is 11.6 Å². The monoisotopic (exact) mass is 540 g/mol. The Morgan fingerprint density at radius 3 is 2.70 bits per heavy atom. The van der Waals surface area contributed by atoms with E-state index in [1.54, 1.807) is 12.3 Å². The van der Waals surface area contributed by atoms with E-state index >= 15 is 0 Å². The lowest BCUT2D eigenvalue weighted by molar-refractivity contribution is 0.485. The van der Waals surface area contributed by atoms with Gasteiger partial charge >= 0.3 is 0 Å². The van der Waals surface area contributed by atoms with Crippen LogP contribution in [0, 0.1) is 0 Å². The molecule has 37 heavy (non-hydrogen) atoms. The molecule has 1 fully saturated rings. The lowest BCUT2D eigenvalue weighted by Gasteiger charge is -2.33. The van der Waals surface area contributed by atoms with Gasteiger partial charge in [0, 0.05) is 73.6 Å². The fourth-order valence-electron chi connectivity index (χ4n) is 4.42. The zero-order valence-corrected chi connectivity index (χ0v) is 22.5. The maximum absolute atomic E-state index is 12.1. The summed E-state index contributed by atoms with van der Waals surface area (Å²) in [4.78, 5) is 15.8. The van der Waals surface area contributed by atoms with Gasteiger partial charge in [-0.2, -0.15) is 4.98 Å². The number of nitrogens with zero attached hydrogens (tertiary/aromatic N) is 6. The van der Waals surface area contributed by atoms with Crippen LogP contribution in [-0.4, -0.2) is 66.9 Å². The summed E-state index contributed by atoms with van der Waals surface area (Å²) in [6, 6.07) is 12.4. The summed E-state index contributed by atoms with van der Waals surface area (Å²) in [6.45, 7) is 5.47. The lowest BCUT2D eigenvalue weighted by atomic mass is 10.2. The maximum Gasteiger partial charge on any atom is 0.233 e. The van der Waals surface area contributed by atoms with Gasteiger partial charge in [-0.05, 0) is 43.3 Å². The molecule has 0 spiro atoms. The van der Waals surface area contributed by atoms with Gasteiger partial charge in [0.15, 0.2) is 0 Å². The summed E-state index contributed by atoms with van der Waals surface area (Å²) in [6.07, 6.45) is 6.23. The van der Waals surface area contributed by atoms with Crippen LogP contribution in [0.4, 0.5) is 23.1 Å². The van der Waals surface area contributed by atoms with Crippen LogP contribution in [0.2, 0.25) is 5.02 Å². The zero-order chi connectivity index (χ0) is 26.2. The van der Waals surface area contributed by atoms with Gasteiger partial charge in [-0.25, -0.2) is 18.4 Å². The van der Waals surface area contributed by atoms with Gasteiger partial charge in [-0.15, -0.1) is 0 Å². The highest BCUT2D eigenvalue weighted by Gasteiger charge is 2.19. The Bertz CT molecular complexity index is 1520. The van der Waals surface area contributed by atoms with Gasteiger partial charge in [0.25, 0.3) is 0 Å². The number of sulfonamides is 1. The second-order valence-corrected chi connectivity index (χ2v) is 11.7. The third kappa shape index (κ3) is 5.63. The number of hydrogen-bond donors (Lipinski definition) is 2. The fraction of sp³-hybridized carbons (Fsp3) is 0.320. The average molecular weight is 541 g/mol. The first-order valence-corrected chi connectivity index (χ1v) is 14.2. The van der Waals surface area contributed by atoms with E-state index in [1.807, 2.05) is 29.0 Å². The van der Waals surface area contributed by atoms with Crippen molar-refractivity contribution in [2.24, 2.45) is 0 Å². The molecular weight excluding hydrogens is 512 g/mol. The number of pyridine rings is 1. The van der Waals surface area contributed by atoms with Crippen LogP contribution < -0.4 is 19.8 Å². The van der Waals surface area contributed by atoms with E-state index in [9.17, 15) is 8.42 Å². The zero-order valence-electron chi connectivity index (χ0n) is 20.9. The smallest absolute Gasteiger partial charge is 0.233 e. The third-order valence-electron chi connectivity index (χ3n) is 6.41. The standard InChI is InChI=1S/C25H29ClN8O2S/c1-17-15-33(11-9-27-17)22-6-4-21(5-7-22)30-25-29-13-18-8-10-34(24(18)31-25)16-19-12-20(26)14-28-23(19)32(2)37(3,35)36/h4-8,10,12-14,17,27H,9,11,15-16H2,1-3H3,(H,29,30,31)/t17-/m0/s1. The molecule has 1 aromatic carbocycles. The Balaban J connectivity index is 1.38. The van der Waals surface area contributed by atoms with E-state index in [2.05, 4.69) is 44.6 Å². The Morgan fingerprint density at radius 1 is 1.19 bits per heavy atom. The van der Waals surface area contributed by atoms with Crippen molar-refractivity contribution in [1.82, 2.24) is 24.8 Å². The number of piperazine rings is 1. The average Bonchev–Trinajstić information content (AvgIpc) is 3.25. The van der Waals surface area contributed by atoms with Crippen LogP contribution in [0.3, 0.4) is 0 Å². The molecule has 10 nitrogen and oxygen atoms in total. The summed E-state index contributed by atoms with van der Waals surface area (Å²) >= 11 is 6.20. The Morgan fingerprint density at radius 2 is 1.97 bits per heavy atom. The summed E-state index contributed by atoms with van der Waals surface area (Å²) < 4.78 is 27.3. The first kappa shape index (κ1) is 25.2. The molecule has 4 aromatic rings. The van der Waals surface area contributed by atoms with Gasteiger partial charge in [-0.3, -0.25) is 4.31 Å². The van der Waals surface area contributed by atoms with Gasteiger partial charge in [0.1, 0.15) is 11.5 Å². The number of nitrogens with one attached hydrogen (secondary N) is 2. The molecule has 0 radical (unpaired) electrons. The second kappa shape index (κ2) is 10.2. The van der Waals surface area contributed by atoms with Crippen LogP contribution in [0.25, 0.3) is 11.0 Å². The van der Waals surface area contributed by atoms with E-state index in [-0.39, 0.29) is 0 Å². The van der Waals surface area contributed by atoms with Crippen molar-refractivity contribution in [1.29, 1.82) is 0 Å². The molecule has 5 rings (SSSR count).